The molecule has 1 N–H and O–H groups in total. The summed E-state index contributed by atoms with van der Waals surface area (Å²) in [4.78, 5) is 45.8. The van der Waals surface area contributed by atoms with E-state index in [2.05, 4.69) is 16.4 Å². The lowest BCUT2D eigenvalue weighted by atomic mass is 10.0. The molecule has 34 heavy (non-hydrogen) atoms. The quantitative estimate of drug-likeness (QED) is 0.486. The predicted octanol–water partition coefficient (Wildman–Crippen LogP) is 3.74. The van der Waals surface area contributed by atoms with Crippen molar-refractivity contribution in [3.05, 3.63) is 91.9 Å². The van der Waals surface area contributed by atoms with Gasteiger partial charge >= 0.3 is 0 Å². The van der Waals surface area contributed by atoms with Gasteiger partial charge in [0.15, 0.2) is 0 Å². The Morgan fingerprint density at radius 2 is 2.06 bits per heavy atom. The Hall–Kier alpha value is -3.85. The van der Waals surface area contributed by atoms with Gasteiger partial charge in [-0.2, -0.15) is 0 Å². The van der Waals surface area contributed by atoms with Crippen LogP contribution in [0.5, 0.6) is 0 Å². The van der Waals surface area contributed by atoms with E-state index in [-0.39, 0.29) is 17.8 Å². The molecule has 0 aliphatic carbocycles. The molecule has 2 aromatic carbocycles. The third kappa shape index (κ3) is 4.10. The molecule has 0 saturated carbocycles. The average Bonchev–Trinajstić information content (AvgIpc) is 3.30. The molecule has 2 aromatic heterocycles. The fraction of sp³-hybridized carbons (Fsp3) is 0.200. The number of nitrogens with one attached hydrogen (secondary N) is 1. The first-order valence-corrected chi connectivity index (χ1v) is 11.7. The van der Waals surface area contributed by atoms with Crippen LogP contribution in [0, 0.1) is 12.7 Å². The van der Waals surface area contributed by atoms with E-state index in [9.17, 15) is 18.8 Å². The molecule has 0 unspecified atom stereocenters. The van der Waals surface area contributed by atoms with E-state index in [0.717, 1.165) is 17.1 Å². The summed E-state index contributed by atoms with van der Waals surface area (Å²) in [6.07, 6.45) is 2.11. The topological polar surface area (TPSA) is 84.3 Å². The molecule has 7 nitrogen and oxygen atoms in total. The number of fused-ring (bicyclic) bond motifs is 2. The summed E-state index contributed by atoms with van der Waals surface area (Å²) in [6, 6.07) is 11.0. The smallest absolute Gasteiger partial charge is 0.261 e. The van der Waals surface area contributed by atoms with Crippen LogP contribution in [0.25, 0.3) is 10.9 Å². The zero-order chi connectivity index (χ0) is 23.8. The lowest BCUT2D eigenvalue weighted by Gasteiger charge is -2.28. The van der Waals surface area contributed by atoms with Crippen LogP contribution in [0.4, 0.5) is 10.1 Å². The molecule has 172 valence electrons. The Bertz CT molecular complexity index is 1490. The second-order valence-electron chi connectivity index (χ2n) is 8.21. The zero-order valence-corrected chi connectivity index (χ0v) is 19.2. The Morgan fingerprint density at radius 1 is 1.21 bits per heavy atom. The van der Waals surface area contributed by atoms with Crippen molar-refractivity contribution in [3.63, 3.8) is 0 Å². The molecule has 0 saturated heterocycles. The number of benzene rings is 2. The summed E-state index contributed by atoms with van der Waals surface area (Å²) in [5.74, 6) is -1.08. The number of rotatable bonds is 4. The highest BCUT2D eigenvalue weighted by atomic mass is 32.1. The molecule has 1 aliphatic heterocycles. The van der Waals surface area contributed by atoms with E-state index in [1.807, 2.05) is 10.3 Å². The van der Waals surface area contributed by atoms with Crippen molar-refractivity contribution < 1.29 is 14.0 Å². The minimum atomic E-state index is -0.547. The van der Waals surface area contributed by atoms with Crippen molar-refractivity contribution in [2.24, 2.45) is 0 Å². The third-order valence-electron chi connectivity index (χ3n) is 6.03. The largest absolute Gasteiger partial charge is 0.334 e. The molecular formula is C25H21FN4O3S. The van der Waals surface area contributed by atoms with Crippen LogP contribution in [0.1, 0.15) is 26.4 Å². The molecule has 5 rings (SSSR count). The van der Waals surface area contributed by atoms with Crippen molar-refractivity contribution >= 4 is 39.7 Å². The lowest BCUT2D eigenvalue weighted by Crippen LogP contribution is -2.35. The standard InChI is InChI=1S/C25H21FN4O3S/c1-15-18(24(32)29-9-7-22-16(12-29)8-10-34-22)3-2-4-20(15)28-23(31)13-30-14-27-21-6-5-17(26)11-19(21)25(30)33/h2-6,8,10-11,14H,7,9,12-13H2,1H3,(H,28,31). The molecular weight excluding hydrogens is 455 g/mol. The monoisotopic (exact) mass is 476 g/mol. The minimum absolute atomic E-state index is 0.0811. The Balaban J connectivity index is 1.33. The van der Waals surface area contributed by atoms with Crippen LogP contribution < -0.4 is 10.9 Å². The van der Waals surface area contributed by atoms with E-state index in [1.165, 1.54) is 28.9 Å². The van der Waals surface area contributed by atoms with Gasteiger partial charge in [0.2, 0.25) is 5.91 Å². The van der Waals surface area contributed by atoms with Gasteiger partial charge in [0.1, 0.15) is 12.4 Å². The molecule has 0 bridgehead atoms. The van der Waals surface area contributed by atoms with Gasteiger partial charge in [-0.05, 0) is 66.2 Å². The fourth-order valence-corrected chi connectivity index (χ4v) is 5.07. The number of hydrogen-bond acceptors (Lipinski definition) is 5. The van der Waals surface area contributed by atoms with Gasteiger partial charge in [-0.15, -0.1) is 11.3 Å². The van der Waals surface area contributed by atoms with Crippen LogP contribution in [-0.2, 0) is 24.3 Å². The highest BCUT2D eigenvalue weighted by Crippen LogP contribution is 2.27. The summed E-state index contributed by atoms with van der Waals surface area (Å²) < 4.78 is 14.7. The SMILES string of the molecule is Cc1c(NC(=O)Cn2cnc3ccc(F)cc3c2=O)cccc1C(=O)N1CCc2sccc2C1. The van der Waals surface area contributed by atoms with E-state index in [1.54, 1.807) is 36.5 Å². The van der Waals surface area contributed by atoms with E-state index in [4.69, 9.17) is 0 Å². The summed E-state index contributed by atoms with van der Waals surface area (Å²) in [5, 5.41) is 4.94. The number of hydrogen-bond donors (Lipinski definition) is 1. The van der Waals surface area contributed by atoms with Gasteiger partial charge in [-0.3, -0.25) is 19.0 Å². The molecule has 0 atom stereocenters. The molecule has 0 fully saturated rings. The summed E-state index contributed by atoms with van der Waals surface area (Å²) in [6.45, 7) is 2.73. The van der Waals surface area contributed by atoms with Crippen LogP contribution in [0.2, 0.25) is 0 Å². The van der Waals surface area contributed by atoms with Gasteiger partial charge in [0.25, 0.3) is 11.5 Å². The highest BCUT2D eigenvalue weighted by Gasteiger charge is 2.24. The van der Waals surface area contributed by atoms with Crippen molar-refractivity contribution in [2.75, 3.05) is 11.9 Å². The number of thiophene rings is 1. The molecule has 4 aromatic rings. The second kappa shape index (κ2) is 8.83. The van der Waals surface area contributed by atoms with Gasteiger partial charge < -0.3 is 10.2 Å². The first kappa shape index (κ1) is 22.0. The zero-order valence-electron chi connectivity index (χ0n) is 18.4. The molecule has 3 heterocycles. The van der Waals surface area contributed by atoms with Crippen LogP contribution in [0.3, 0.4) is 0 Å². The number of amides is 2. The maximum Gasteiger partial charge on any atom is 0.261 e. The number of aromatic nitrogens is 2. The Morgan fingerprint density at radius 3 is 2.91 bits per heavy atom. The van der Waals surface area contributed by atoms with Crippen molar-refractivity contribution in [1.82, 2.24) is 14.5 Å². The summed E-state index contributed by atoms with van der Waals surface area (Å²) in [7, 11) is 0. The van der Waals surface area contributed by atoms with Gasteiger partial charge in [-0.25, -0.2) is 9.37 Å². The van der Waals surface area contributed by atoms with Crippen molar-refractivity contribution in [2.45, 2.75) is 26.4 Å². The molecule has 2 amide bonds. The number of nitrogens with zero attached hydrogens (tertiary/aromatic N) is 3. The van der Waals surface area contributed by atoms with Gasteiger partial charge in [0.05, 0.1) is 17.2 Å². The summed E-state index contributed by atoms with van der Waals surface area (Å²) >= 11 is 1.72. The maximum absolute atomic E-state index is 13.6. The predicted molar refractivity (Wildman–Crippen MR) is 129 cm³/mol. The molecule has 0 radical (unpaired) electrons. The lowest BCUT2D eigenvalue weighted by molar-refractivity contribution is -0.116. The van der Waals surface area contributed by atoms with E-state index in [0.29, 0.717) is 35.4 Å². The highest BCUT2D eigenvalue weighted by molar-refractivity contribution is 7.10. The van der Waals surface area contributed by atoms with Gasteiger partial charge in [-0.1, -0.05) is 6.07 Å². The van der Waals surface area contributed by atoms with Crippen LogP contribution in [0.15, 0.2) is 59.0 Å². The molecule has 0 spiro atoms. The first-order valence-electron chi connectivity index (χ1n) is 10.8. The number of anilines is 1. The normalized spacial score (nSPS) is 13.1. The molecule has 1 aliphatic rings. The van der Waals surface area contributed by atoms with Crippen molar-refractivity contribution in [1.29, 1.82) is 0 Å². The van der Waals surface area contributed by atoms with Crippen LogP contribution >= 0.6 is 11.3 Å². The number of carbonyl (C=O) groups is 2. The van der Waals surface area contributed by atoms with E-state index < -0.39 is 17.3 Å². The number of carbonyl (C=O) groups excluding carboxylic acids is 2. The van der Waals surface area contributed by atoms with Crippen molar-refractivity contribution in [3.8, 4) is 0 Å². The first-order chi connectivity index (χ1) is 16.4. The van der Waals surface area contributed by atoms with E-state index >= 15 is 0 Å². The fourth-order valence-electron chi connectivity index (χ4n) is 4.18. The Kier molecular flexibility index (Phi) is 5.70. The second-order valence-corrected chi connectivity index (χ2v) is 9.21. The number of halogens is 1. The molecule has 9 heteroatoms. The van der Waals surface area contributed by atoms with Gasteiger partial charge in [0, 0.05) is 29.2 Å². The third-order valence-corrected chi connectivity index (χ3v) is 7.06. The minimum Gasteiger partial charge on any atom is -0.334 e. The van der Waals surface area contributed by atoms with Crippen LogP contribution in [-0.4, -0.2) is 32.8 Å². The maximum atomic E-state index is 13.6. The summed E-state index contributed by atoms with van der Waals surface area (Å²) in [5.41, 5.74) is 2.72. The Labute approximate surface area is 198 Å². The average molecular weight is 477 g/mol.